The van der Waals surface area contributed by atoms with Crippen molar-refractivity contribution in [1.29, 1.82) is 0 Å². The van der Waals surface area contributed by atoms with Crippen molar-refractivity contribution in [3.05, 3.63) is 70.3 Å². The van der Waals surface area contributed by atoms with Crippen LogP contribution in [0, 0.1) is 10.1 Å². The van der Waals surface area contributed by atoms with E-state index in [1.165, 1.54) is 17.7 Å². The summed E-state index contributed by atoms with van der Waals surface area (Å²) in [5, 5.41) is 13.5. The Kier molecular flexibility index (Phi) is 4.74. The van der Waals surface area contributed by atoms with Gasteiger partial charge in [0.2, 0.25) is 0 Å². The highest BCUT2D eigenvalue weighted by Gasteiger charge is 2.28. The van der Waals surface area contributed by atoms with Crippen molar-refractivity contribution in [2.45, 2.75) is 25.3 Å². The van der Waals surface area contributed by atoms with Crippen LogP contribution in [-0.2, 0) is 6.42 Å². The molecule has 1 N–H and O–H groups in total. The third kappa shape index (κ3) is 3.71. The molecule has 0 aromatic heterocycles. The van der Waals surface area contributed by atoms with E-state index < -0.39 is 4.92 Å². The molecule has 3 rings (SSSR count). The van der Waals surface area contributed by atoms with Crippen LogP contribution in [-0.4, -0.2) is 28.4 Å². The van der Waals surface area contributed by atoms with Gasteiger partial charge >= 0.3 is 6.03 Å². The molecule has 6 nitrogen and oxygen atoms in total. The molecule has 0 saturated carbocycles. The van der Waals surface area contributed by atoms with Gasteiger partial charge in [-0.2, -0.15) is 0 Å². The quantitative estimate of drug-likeness (QED) is 0.685. The van der Waals surface area contributed by atoms with Gasteiger partial charge in [0.1, 0.15) is 0 Å². The lowest BCUT2D eigenvalue weighted by atomic mass is 10.0. The molecule has 6 heteroatoms. The Morgan fingerprint density at radius 3 is 2.54 bits per heavy atom. The monoisotopic (exact) mass is 325 g/mol. The second-order valence-corrected chi connectivity index (χ2v) is 5.91. The minimum absolute atomic E-state index is 0.0103. The van der Waals surface area contributed by atoms with Crippen molar-refractivity contribution in [2.24, 2.45) is 0 Å². The Balaban J connectivity index is 1.64. The Morgan fingerprint density at radius 1 is 1.17 bits per heavy atom. The number of non-ortho nitro benzene ring substituents is 1. The van der Waals surface area contributed by atoms with Gasteiger partial charge < -0.3 is 10.2 Å². The second kappa shape index (κ2) is 7.12. The molecular formula is C18H19N3O3. The van der Waals surface area contributed by atoms with E-state index in [0.29, 0.717) is 5.69 Å². The van der Waals surface area contributed by atoms with Crippen molar-refractivity contribution >= 4 is 17.4 Å². The summed E-state index contributed by atoms with van der Waals surface area (Å²) < 4.78 is 0. The average molecular weight is 325 g/mol. The average Bonchev–Trinajstić information content (AvgIpc) is 3.04. The van der Waals surface area contributed by atoms with Gasteiger partial charge in [-0.3, -0.25) is 10.1 Å². The number of nitrogens with one attached hydrogen (secondary N) is 1. The SMILES string of the molecule is O=C(Nc1ccc([N+](=O)[O-])cc1)N1CCC[C@H]1Cc1ccccc1. The highest BCUT2D eigenvalue weighted by atomic mass is 16.6. The van der Waals surface area contributed by atoms with Gasteiger partial charge in [-0.05, 0) is 37.0 Å². The van der Waals surface area contributed by atoms with E-state index in [2.05, 4.69) is 17.4 Å². The summed E-state index contributed by atoms with van der Waals surface area (Å²) in [5.41, 5.74) is 1.80. The summed E-state index contributed by atoms with van der Waals surface area (Å²) in [6.07, 6.45) is 2.82. The van der Waals surface area contributed by atoms with Crippen LogP contribution in [0.4, 0.5) is 16.2 Å². The zero-order valence-corrected chi connectivity index (χ0v) is 13.2. The molecule has 0 spiro atoms. The molecule has 2 aromatic rings. The lowest BCUT2D eigenvalue weighted by molar-refractivity contribution is -0.384. The number of nitrogens with zero attached hydrogens (tertiary/aromatic N) is 2. The fourth-order valence-corrected chi connectivity index (χ4v) is 3.06. The Morgan fingerprint density at radius 2 is 1.88 bits per heavy atom. The third-order valence-electron chi connectivity index (χ3n) is 4.28. The van der Waals surface area contributed by atoms with E-state index in [0.717, 1.165) is 25.8 Å². The van der Waals surface area contributed by atoms with Crippen molar-refractivity contribution < 1.29 is 9.72 Å². The standard InChI is InChI=1S/C18H19N3O3/c22-18(19-15-8-10-16(11-9-15)21(23)24)20-12-4-7-17(20)13-14-5-2-1-3-6-14/h1-3,5-6,8-11,17H,4,7,12-13H2,(H,19,22)/t17-/m0/s1. The number of nitro groups is 1. The fourth-order valence-electron chi connectivity index (χ4n) is 3.06. The van der Waals surface area contributed by atoms with E-state index in [-0.39, 0.29) is 17.8 Å². The van der Waals surface area contributed by atoms with E-state index >= 15 is 0 Å². The fraction of sp³-hybridized carbons (Fsp3) is 0.278. The zero-order chi connectivity index (χ0) is 16.9. The number of rotatable bonds is 4. The van der Waals surface area contributed by atoms with Crippen LogP contribution in [0.25, 0.3) is 0 Å². The maximum atomic E-state index is 12.5. The van der Waals surface area contributed by atoms with Crippen LogP contribution in [0.2, 0.25) is 0 Å². The number of likely N-dealkylation sites (tertiary alicyclic amines) is 1. The summed E-state index contributed by atoms with van der Waals surface area (Å²) in [6, 6.07) is 16.1. The van der Waals surface area contributed by atoms with Crippen LogP contribution < -0.4 is 5.32 Å². The molecule has 0 aliphatic carbocycles. The number of carbonyl (C=O) groups excluding carboxylic acids is 1. The summed E-state index contributed by atoms with van der Waals surface area (Å²) in [7, 11) is 0. The van der Waals surface area contributed by atoms with Crippen LogP contribution >= 0.6 is 0 Å². The van der Waals surface area contributed by atoms with Crippen molar-refractivity contribution in [3.63, 3.8) is 0 Å². The van der Waals surface area contributed by atoms with Gasteiger partial charge in [0.05, 0.1) is 4.92 Å². The zero-order valence-electron chi connectivity index (χ0n) is 13.2. The van der Waals surface area contributed by atoms with Gasteiger partial charge in [-0.1, -0.05) is 30.3 Å². The lowest BCUT2D eigenvalue weighted by Crippen LogP contribution is -2.39. The first-order chi connectivity index (χ1) is 11.6. The molecule has 124 valence electrons. The maximum Gasteiger partial charge on any atom is 0.322 e. The van der Waals surface area contributed by atoms with Crippen molar-refractivity contribution in [3.8, 4) is 0 Å². The van der Waals surface area contributed by atoms with Gasteiger partial charge in [-0.15, -0.1) is 0 Å². The molecule has 1 heterocycles. The molecule has 2 amide bonds. The smallest absolute Gasteiger partial charge is 0.321 e. The molecule has 1 aliphatic rings. The lowest BCUT2D eigenvalue weighted by Gasteiger charge is -2.25. The topological polar surface area (TPSA) is 75.5 Å². The molecule has 0 bridgehead atoms. The van der Waals surface area contributed by atoms with Gasteiger partial charge in [0.25, 0.3) is 5.69 Å². The molecule has 1 fully saturated rings. The van der Waals surface area contributed by atoms with Gasteiger partial charge in [0.15, 0.2) is 0 Å². The number of hydrogen-bond donors (Lipinski definition) is 1. The number of urea groups is 1. The predicted molar refractivity (Wildman–Crippen MR) is 92.0 cm³/mol. The van der Waals surface area contributed by atoms with E-state index in [9.17, 15) is 14.9 Å². The highest BCUT2D eigenvalue weighted by Crippen LogP contribution is 2.23. The van der Waals surface area contributed by atoms with Crippen LogP contribution in [0.1, 0.15) is 18.4 Å². The first-order valence-electron chi connectivity index (χ1n) is 7.99. The van der Waals surface area contributed by atoms with Crippen molar-refractivity contribution in [2.75, 3.05) is 11.9 Å². The van der Waals surface area contributed by atoms with Crippen molar-refractivity contribution in [1.82, 2.24) is 4.90 Å². The summed E-state index contributed by atoms with van der Waals surface area (Å²) in [5.74, 6) is 0. The minimum Gasteiger partial charge on any atom is -0.321 e. The normalized spacial score (nSPS) is 16.8. The number of nitro benzene ring substituents is 1. The first kappa shape index (κ1) is 16.0. The Hall–Kier alpha value is -2.89. The third-order valence-corrected chi connectivity index (χ3v) is 4.28. The molecule has 2 aromatic carbocycles. The molecular weight excluding hydrogens is 306 g/mol. The predicted octanol–water partition coefficient (Wildman–Crippen LogP) is 3.83. The number of anilines is 1. The Bertz CT molecular complexity index is 716. The number of amides is 2. The molecule has 1 aliphatic heterocycles. The number of hydrogen-bond acceptors (Lipinski definition) is 3. The maximum absolute atomic E-state index is 12.5. The minimum atomic E-state index is -0.456. The molecule has 0 unspecified atom stereocenters. The summed E-state index contributed by atoms with van der Waals surface area (Å²) in [4.78, 5) is 24.6. The first-order valence-corrected chi connectivity index (χ1v) is 7.99. The molecule has 1 saturated heterocycles. The van der Waals surface area contributed by atoms with Gasteiger partial charge in [0, 0.05) is 30.4 Å². The molecule has 24 heavy (non-hydrogen) atoms. The Labute approximate surface area is 140 Å². The van der Waals surface area contributed by atoms with Gasteiger partial charge in [-0.25, -0.2) is 4.79 Å². The van der Waals surface area contributed by atoms with E-state index in [4.69, 9.17) is 0 Å². The number of benzene rings is 2. The highest BCUT2D eigenvalue weighted by molar-refractivity contribution is 5.89. The van der Waals surface area contributed by atoms with Crippen LogP contribution in [0.3, 0.4) is 0 Å². The molecule has 1 atom stereocenters. The number of carbonyl (C=O) groups is 1. The summed E-state index contributed by atoms with van der Waals surface area (Å²) >= 11 is 0. The van der Waals surface area contributed by atoms with Crippen LogP contribution in [0.5, 0.6) is 0 Å². The van der Waals surface area contributed by atoms with Crippen LogP contribution in [0.15, 0.2) is 54.6 Å². The second-order valence-electron chi connectivity index (χ2n) is 5.91. The van der Waals surface area contributed by atoms with E-state index in [1.54, 1.807) is 12.1 Å². The largest absolute Gasteiger partial charge is 0.322 e. The van der Waals surface area contributed by atoms with E-state index in [1.807, 2.05) is 23.1 Å². The molecule has 0 radical (unpaired) electrons. The summed E-state index contributed by atoms with van der Waals surface area (Å²) in [6.45, 7) is 0.732.